The van der Waals surface area contributed by atoms with Crippen molar-refractivity contribution in [2.75, 3.05) is 57.3 Å². The number of carbonyl (C=O) groups excluding carboxylic acids is 3. The molecule has 2 saturated heterocycles. The van der Waals surface area contributed by atoms with Crippen molar-refractivity contribution >= 4 is 23.3 Å². The van der Waals surface area contributed by atoms with E-state index in [1.807, 2.05) is 9.80 Å². The summed E-state index contributed by atoms with van der Waals surface area (Å²) in [5.74, 6) is -0.445. The number of anilines is 1. The summed E-state index contributed by atoms with van der Waals surface area (Å²) >= 11 is 0. The van der Waals surface area contributed by atoms with Gasteiger partial charge in [0.25, 0.3) is 0 Å². The van der Waals surface area contributed by atoms with Crippen molar-refractivity contribution in [3.05, 3.63) is 29.6 Å². The number of rotatable bonds is 10. The number of piperidine rings is 1. The highest BCUT2D eigenvalue weighted by molar-refractivity contribution is 5.94. The van der Waals surface area contributed by atoms with Gasteiger partial charge in [-0.15, -0.1) is 0 Å². The summed E-state index contributed by atoms with van der Waals surface area (Å²) < 4.78 is 14.5. The molecule has 0 radical (unpaired) electrons. The van der Waals surface area contributed by atoms with Crippen LogP contribution in [0.2, 0.25) is 0 Å². The van der Waals surface area contributed by atoms with Crippen LogP contribution in [0.1, 0.15) is 62.7 Å². The molecule has 2 fully saturated rings. The van der Waals surface area contributed by atoms with Gasteiger partial charge in [-0.1, -0.05) is 26.2 Å². The first-order valence-corrected chi connectivity index (χ1v) is 12.7. The maximum absolute atomic E-state index is 14.5. The molecule has 2 amide bonds. The molecule has 2 heterocycles. The van der Waals surface area contributed by atoms with Gasteiger partial charge in [-0.2, -0.15) is 0 Å². The topological polar surface area (TPSA) is 73.0 Å². The number of Topliss-reactive ketones (excluding diaryl/α,β-unsaturated/α-hetero) is 1. The second-order valence-electron chi connectivity index (χ2n) is 9.52. The highest BCUT2D eigenvalue weighted by atomic mass is 19.1. The van der Waals surface area contributed by atoms with Crippen LogP contribution >= 0.6 is 0 Å². The first-order chi connectivity index (χ1) is 16.4. The van der Waals surface area contributed by atoms with E-state index in [4.69, 9.17) is 0 Å². The van der Waals surface area contributed by atoms with Crippen LogP contribution in [-0.2, 0) is 9.59 Å². The molecular weight excluding hydrogens is 435 g/mol. The quantitative estimate of drug-likeness (QED) is 0.417. The Balaban J connectivity index is 1.43. The molecule has 0 saturated carbocycles. The van der Waals surface area contributed by atoms with Crippen molar-refractivity contribution in [1.82, 2.24) is 15.1 Å². The molecule has 8 heteroatoms. The van der Waals surface area contributed by atoms with E-state index in [0.29, 0.717) is 50.5 Å². The van der Waals surface area contributed by atoms with E-state index in [9.17, 15) is 18.8 Å². The molecule has 2 aliphatic heterocycles. The summed E-state index contributed by atoms with van der Waals surface area (Å²) in [5, 5.41) is 3.07. The molecular formula is C26H39FN4O3. The lowest BCUT2D eigenvalue weighted by atomic mass is 9.97. The fourth-order valence-corrected chi connectivity index (χ4v) is 4.79. The maximum Gasteiger partial charge on any atom is 0.236 e. The third-order valence-electron chi connectivity index (χ3n) is 6.89. The van der Waals surface area contributed by atoms with Crippen LogP contribution in [0.3, 0.4) is 0 Å². The second-order valence-corrected chi connectivity index (χ2v) is 9.52. The Morgan fingerprint density at radius 3 is 2.50 bits per heavy atom. The molecule has 2 aliphatic rings. The minimum atomic E-state index is -0.407. The normalized spacial score (nSPS) is 19.2. The summed E-state index contributed by atoms with van der Waals surface area (Å²) in [7, 11) is 0. The van der Waals surface area contributed by atoms with Crippen LogP contribution in [0.25, 0.3) is 0 Å². The molecule has 1 aromatic carbocycles. The van der Waals surface area contributed by atoms with Gasteiger partial charge >= 0.3 is 0 Å². The third-order valence-corrected chi connectivity index (χ3v) is 6.89. The first-order valence-electron chi connectivity index (χ1n) is 12.7. The van der Waals surface area contributed by atoms with Crippen LogP contribution < -0.4 is 10.2 Å². The van der Waals surface area contributed by atoms with Crippen molar-refractivity contribution in [2.45, 2.75) is 52.4 Å². The highest BCUT2D eigenvalue weighted by Gasteiger charge is 2.29. The molecule has 0 bridgehead atoms. The van der Waals surface area contributed by atoms with Crippen LogP contribution in [-0.4, -0.2) is 79.8 Å². The van der Waals surface area contributed by atoms with Gasteiger partial charge in [0.2, 0.25) is 11.8 Å². The van der Waals surface area contributed by atoms with Gasteiger partial charge in [0.15, 0.2) is 5.78 Å². The minimum Gasteiger partial charge on any atom is -0.366 e. The molecule has 1 unspecified atom stereocenters. The smallest absolute Gasteiger partial charge is 0.236 e. The van der Waals surface area contributed by atoms with E-state index in [2.05, 4.69) is 17.1 Å². The van der Waals surface area contributed by atoms with E-state index < -0.39 is 5.82 Å². The molecule has 1 N–H and O–H groups in total. The number of carbonyl (C=O) groups is 3. The first kappa shape index (κ1) is 26.1. The number of likely N-dealkylation sites (tertiary alicyclic amines) is 1. The standard InChI is InChI=1S/C26H39FN4O3/c1-3-4-5-6-11-28-26(34)22-8-7-12-29(18-22)19-25(33)31-15-13-30(14-16-31)24-10-9-21(20(2)32)17-23(24)27/h9-10,17,22H,3-8,11-16,18-19H2,1-2H3,(H,28,34). The zero-order valence-electron chi connectivity index (χ0n) is 20.7. The van der Waals surface area contributed by atoms with Crippen LogP contribution in [0.5, 0.6) is 0 Å². The van der Waals surface area contributed by atoms with Gasteiger partial charge in [-0.3, -0.25) is 19.3 Å². The highest BCUT2D eigenvalue weighted by Crippen LogP contribution is 2.23. The zero-order chi connectivity index (χ0) is 24.5. The number of amides is 2. The number of benzene rings is 1. The summed E-state index contributed by atoms with van der Waals surface area (Å²) in [6.45, 7) is 8.26. The molecule has 188 valence electrons. The molecule has 3 rings (SSSR count). The van der Waals surface area contributed by atoms with Crippen molar-refractivity contribution < 1.29 is 18.8 Å². The van der Waals surface area contributed by atoms with E-state index >= 15 is 0 Å². The third kappa shape index (κ3) is 7.26. The Labute approximate surface area is 202 Å². The Morgan fingerprint density at radius 2 is 1.82 bits per heavy atom. The molecule has 0 aromatic heterocycles. The van der Waals surface area contributed by atoms with Crippen molar-refractivity contribution in [3.8, 4) is 0 Å². The van der Waals surface area contributed by atoms with Gasteiger partial charge < -0.3 is 15.1 Å². The lowest BCUT2D eigenvalue weighted by molar-refractivity contribution is -0.135. The van der Waals surface area contributed by atoms with Crippen molar-refractivity contribution in [1.29, 1.82) is 0 Å². The molecule has 1 atom stereocenters. The van der Waals surface area contributed by atoms with Crippen LogP contribution in [0.4, 0.5) is 10.1 Å². The van der Waals surface area contributed by atoms with Crippen LogP contribution in [0, 0.1) is 11.7 Å². The molecule has 7 nitrogen and oxygen atoms in total. The van der Waals surface area contributed by atoms with E-state index in [0.717, 1.165) is 38.8 Å². The Bertz CT molecular complexity index is 854. The molecule has 0 aliphatic carbocycles. The summed E-state index contributed by atoms with van der Waals surface area (Å²) in [6, 6.07) is 4.57. The Kier molecular flexibility index (Phi) is 9.86. The van der Waals surface area contributed by atoms with E-state index in [1.54, 1.807) is 12.1 Å². The lowest BCUT2D eigenvalue weighted by Gasteiger charge is -2.38. The fraction of sp³-hybridized carbons (Fsp3) is 0.654. The maximum atomic E-state index is 14.5. The number of nitrogens with one attached hydrogen (secondary N) is 1. The predicted molar refractivity (Wildman–Crippen MR) is 132 cm³/mol. The summed E-state index contributed by atoms with van der Waals surface area (Å²) in [6.07, 6.45) is 6.34. The Morgan fingerprint density at radius 1 is 1.06 bits per heavy atom. The SMILES string of the molecule is CCCCCCNC(=O)C1CCCN(CC(=O)N2CCN(c3ccc(C(C)=O)cc3F)CC2)C1. The number of ketones is 1. The monoisotopic (exact) mass is 474 g/mol. The number of hydrogen-bond acceptors (Lipinski definition) is 5. The largest absolute Gasteiger partial charge is 0.366 e. The van der Waals surface area contributed by atoms with E-state index in [-0.39, 0.29) is 23.5 Å². The van der Waals surface area contributed by atoms with Crippen molar-refractivity contribution in [3.63, 3.8) is 0 Å². The second kappa shape index (κ2) is 12.8. The number of halogens is 1. The fourth-order valence-electron chi connectivity index (χ4n) is 4.79. The molecule has 34 heavy (non-hydrogen) atoms. The van der Waals surface area contributed by atoms with Gasteiger partial charge in [0.05, 0.1) is 18.2 Å². The van der Waals surface area contributed by atoms with Crippen molar-refractivity contribution in [2.24, 2.45) is 5.92 Å². The average Bonchev–Trinajstić information content (AvgIpc) is 2.84. The van der Waals surface area contributed by atoms with Gasteiger partial charge in [-0.25, -0.2) is 4.39 Å². The molecule has 0 spiro atoms. The lowest BCUT2D eigenvalue weighted by Crippen LogP contribution is -2.53. The van der Waals surface area contributed by atoms with Gasteiger partial charge in [0.1, 0.15) is 5.82 Å². The molecule has 1 aromatic rings. The van der Waals surface area contributed by atoms with Gasteiger partial charge in [0, 0.05) is 44.8 Å². The summed E-state index contributed by atoms with van der Waals surface area (Å²) in [4.78, 5) is 42.7. The minimum absolute atomic E-state index is 0.0504. The number of unbranched alkanes of at least 4 members (excludes halogenated alkanes) is 3. The predicted octanol–water partition coefficient (Wildman–Crippen LogP) is 3.09. The summed E-state index contributed by atoms with van der Waals surface area (Å²) in [5.41, 5.74) is 0.830. The number of nitrogens with zero attached hydrogens (tertiary/aromatic N) is 3. The van der Waals surface area contributed by atoms with Gasteiger partial charge in [-0.05, 0) is 50.9 Å². The number of piperazine rings is 1. The number of hydrogen-bond donors (Lipinski definition) is 1. The average molecular weight is 475 g/mol. The van der Waals surface area contributed by atoms with E-state index in [1.165, 1.54) is 25.8 Å². The Hall–Kier alpha value is -2.48. The zero-order valence-corrected chi connectivity index (χ0v) is 20.7. The van der Waals surface area contributed by atoms with Crippen LogP contribution in [0.15, 0.2) is 18.2 Å².